The van der Waals surface area contributed by atoms with Crippen molar-refractivity contribution in [2.45, 2.75) is 44.9 Å². The lowest BCUT2D eigenvalue weighted by Crippen LogP contribution is -2.53. The number of pyridine rings is 1. The number of anilines is 1. The maximum absolute atomic E-state index is 15.6. The molecule has 7 nitrogen and oxygen atoms in total. The standard InChI is InChI=1S/C23H28FN3O4/c1-3-31-23(29)17-12-27(14-4-5-14)20-16(22(17)28)10-19(24)21-18(20)13-30-9-6-15-11-25(2)7-8-26(15)21/h10,12,14-15H,3-9,11,13H2,1-2H3/t15-/m1/s1. The zero-order valence-corrected chi connectivity index (χ0v) is 18.0. The zero-order chi connectivity index (χ0) is 21.7. The SMILES string of the molecule is CCOC(=O)c1cn(C2CC2)c2c3c(c(F)cc2c1=O)N1CCN(C)C[C@H]1CCOC3. The molecule has 0 amide bonds. The molecular formula is C23H28FN3O4. The Labute approximate surface area is 180 Å². The largest absolute Gasteiger partial charge is 0.462 e. The van der Waals surface area contributed by atoms with Gasteiger partial charge in [-0.3, -0.25) is 4.79 Å². The number of nitrogens with zero attached hydrogens (tertiary/aromatic N) is 3. The number of piperazine rings is 1. The number of benzene rings is 1. The Morgan fingerprint density at radius 1 is 1.26 bits per heavy atom. The summed E-state index contributed by atoms with van der Waals surface area (Å²) < 4.78 is 28.6. The highest BCUT2D eigenvalue weighted by Gasteiger charge is 2.34. The lowest BCUT2D eigenvalue weighted by atomic mass is 9.99. The van der Waals surface area contributed by atoms with Gasteiger partial charge >= 0.3 is 5.97 Å². The quantitative estimate of drug-likeness (QED) is 0.699. The van der Waals surface area contributed by atoms with Gasteiger partial charge in [-0.05, 0) is 39.3 Å². The van der Waals surface area contributed by atoms with E-state index in [0.29, 0.717) is 23.4 Å². The molecule has 2 fully saturated rings. The topological polar surface area (TPSA) is 64.0 Å². The van der Waals surface area contributed by atoms with Crippen molar-refractivity contribution < 1.29 is 18.7 Å². The van der Waals surface area contributed by atoms with Crippen LogP contribution in [0.2, 0.25) is 0 Å². The van der Waals surface area contributed by atoms with E-state index in [9.17, 15) is 9.59 Å². The van der Waals surface area contributed by atoms with Crippen LogP contribution in [0.3, 0.4) is 0 Å². The van der Waals surface area contributed by atoms with Crippen LogP contribution < -0.4 is 10.3 Å². The van der Waals surface area contributed by atoms with Crippen LogP contribution >= 0.6 is 0 Å². The maximum atomic E-state index is 15.6. The summed E-state index contributed by atoms with van der Waals surface area (Å²) in [5.41, 5.74) is 1.43. The van der Waals surface area contributed by atoms with E-state index in [1.807, 2.05) is 4.57 Å². The molecule has 5 rings (SSSR count). The van der Waals surface area contributed by atoms with E-state index in [-0.39, 0.29) is 36.2 Å². The molecule has 1 atom stereocenters. The van der Waals surface area contributed by atoms with Crippen molar-refractivity contribution in [3.63, 3.8) is 0 Å². The summed E-state index contributed by atoms with van der Waals surface area (Å²) in [5.74, 6) is -1.09. The predicted octanol–water partition coefficient (Wildman–Crippen LogP) is 2.69. The first-order valence-electron chi connectivity index (χ1n) is 11.1. The highest BCUT2D eigenvalue weighted by Crippen LogP contribution is 2.41. The average Bonchev–Trinajstić information content (AvgIpc) is 3.56. The summed E-state index contributed by atoms with van der Waals surface area (Å²) in [6.45, 7) is 5.13. The Morgan fingerprint density at radius 2 is 2.06 bits per heavy atom. The van der Waals surface area contributed by atoms with Crippen LogP contribution in [0.25, 0.3) is 10.9 Å². The molecule has 3 heterocycles. The third-order valence-electron chi connectivity index (χ3n) is 6.59. The number of halogens is 1. The summed E-state index contributed by atoms with van der Waals surface area (Å²) in [4.78, 5) is 30.1. The van der Waals surface area contributed by atoms with E-state index in [1.54, 1.807) is 13.1 Å². The van der Waals surface area contributed by atoms with Crippen molar-refractivity contribution in [1.29, 1.82) is 0 Å². The molecule has 166 valence electrons. The summed E-state index contributed by atoms with van der Waals surface area (Å²) in [6.07, 6.45) is 4.37. The van der Waals surface area contributed by atoms with E-state index >= 15 is 4.39 Å². The number of hydrogen-bond acceptors (Lipinski definition) is 6. The number of hydrogen-bond donors (Lipinski definition) is 0. The minimum Gasteiger partial charge on any atom is -0.462 e. The molecule has 1 saturated carbocycles. The maximum Gasteiger partial charge on any atom is 0.343 e. The number of aromatic nitrogens is 1. The second-order valence-electron chi connectivity index (χ2n) is 8.76. The Kier molecular flexibility index (Phi) is 5.22. The molecule has 0 bridgehead atoms. The van der Waals surface area contributed by atoms with Gasteiger partial charge in [-0.2, -0.15) is 0 Å². The molecule has 1 aliphatic carbocycles. The van der Waals surface area contributed by atoms with Crippen LogP contribution in [0.15, 0.2) is 17.1 Å². The smallest absolute Gasteiger partial charge is 0.343 e. The van der Waals surface area contributed by atoms with Gasteiger partial charge in [-0.1, -0.05) is 0 Å². The highest BCUT2D eigenvalue weighted by atomic mass is 19.1. The number of carbonyl (C=O) groups excluding carboxylic acids is 1. The van der Waals surface area contributed by atoms with Gasteiger partial charge in [0.2, 0.25) is 5.43 Å². The van der Waals surface area contributed by atoms with Gasteiger partial charge in [-0.15, -0.1) is 0 Å². The molecule has 1 aromatic carbocycles. The van der Waals surface area contributed by atoms with Gasteiger partial charge in [0.1, 0.15) is 11.4 Å². The first-order chi connectivity index (χ1) is 15.0. The molecule has 8 heteroatoms. The fourth-order valence-electron chi connectivity index (χ4n) is 4.95. The van der Waals surface area contributed by atoms with Crippen molar-refractivity contribution in [2.24, 2.45) is 0 Å². The fraction of sp³-hybridized carbons (Fsp3) is 0.565. The van der Waals surface area contributed by atoms with Crippen LogP contribution in [-0.2, 0) is 16.1 Å². The summed E-state index contributed by atoms with van der Waals surface area (Å²) in [6, 6.07) is 1.67. The molecule has 0 spiro atoms. The third kappa shape index (κ3) is 3.51. The molecule has 0 unspecified atom stereocenters. The monoisotopic (exact) mass is 429 g/mol. The predicted molar refractivity (Wildman–Crippen MR) is 115 cm³/mol. The van der Waals surface area contributed by atoms with Gasteiger partial charge in [-0.25, -0.2) is 9.18 Å². The Hall–Kier alpha value is -2.45. The average molecular weight is 429 g/mol. The number of likely N-dealkylation sites (N-methyl/N-ethyl adjacent to an activating group) is 1. The number of ether oxygens (including phenoxy) is 2. The lowest BCUT2D eigenvalue weighted by molar-refractivity contribution is 0.0524. The Bertz CT molecular complexity index is 1090. The normalized spacial score (nSPS) is 21.9. The molecule has 1 saturated heterocycles. The second kappa shape index (κ2) is 7.91. The summed E-state index contributed by atoms with van der Waals surface area (Å²) in [5, 5.41) is 0.226. The van der Waals surface area contributed by atoms with E-state index < -0.39 is 17.2 Å². The molecule has 2 aromatic rings. The second-order valence-corrected chi connectivity index (χ2v) is 8.76. The van der Waals surface area contributed by atoms with Crippen molar-refractivity contribution in [3.8, 4) is 0 Å². The number of esters is 1. The lowest BCUT2D eigenvalue weighted by Gasteiger charge is -2.43. The van der Waals surface area contributed by atoms with Crippen LogP contribution in [0, 0.1) is 5.82 Å². The first-order valence-corrected chi connectivity index (χ1v) is 11.1. The fourth-order valence-corrected chi connectivity index (χ4v) is 4.95. The highest BCUT2D eigenvalue weighted by molar-refractivity contribution is 5.96. The van der Waals surface area contributed by atoms with E-state index in [4.69, 9.17) is 9.47 Å². The minimum atomic E-state index is -0.661. The number of fused-ring (bicyclic) bond motifs is 5. The van der Waals surface area contributed by atoms with E-state index in [1.165, 1.54) is 6.07 Å². The Morgan fingerprint density at radius 3 is 2.81 bits per heavy atom. The van der Waals surface area contributed by atoms with Crippen molar-refractivity contribution in [3.05, 3.63) is 39.4 Å². The molecule has 0 radical (unpaired) electrons. The van der Waals surface area contributed by atoms with E-state index in [2.05, 4.69) is 16.8 Å². The molecule has 3 aliphatic rings. The van der Waals surface area contributed by atoms with Crippen LogP contribution in [0.5, 0.6) is 0 Å². The molecule has 31 heavy (non-hydrogen) atoms. The van der Waals surface area contributed by atoms with Crippen LogP contribution in [0.1, 0.15) is 48.1 Å². The van der Waals surface area contributed by atoms with E-state index in [0.717, 1.165) is 38.9 Å². The van der Waals surface area contributed by atoms with Gasteiger partial charge < -0.3 is 23.8 Å². The summed E-state index contributed by atoms with van der Waals surface area (Å²) in [7, 11) is 2.08. The van der Waals surface area contributed by atoms with Gasteiger partial charge in [0.25, 0.3) is 0 Å². The third-order valence-corrected chi connectivity index (χ3v) is 6.59. The van der Waals surface area contributed by atoms with Crippen LogP contribution in [-0.4, -0.2) is 61.4 Å². The van der Waals surface area contributed by atoms with Crippen molar-refractivity contribution in [2.75, 3.05) is 44.8 Å². The van der Waals surface area contributed by atoms with Gasteiger partial charge in [0, 0.05) is 55.5 Å². The number of rotatable bonds is 3. The molecule has 0 N–H and O–H groups in total. The minimum absolute atomic E-state index is 0.0372. The van der Waals surface area contributed by atoms with Crippen molar-refractivity contribution in [1.82, 2.24) is 9.47 Å². The van der Waals surface area contributed by atoms with Gasteiger partial charge in [0.15, 0.2) is 0 Å². The number of carbonyl (C=O) groups is 1. The van der Waals surface area contributed by atoms with Crippen molar-refractivity contribution >= 4 is 22.6 Å². The molecular weight excluding hydrogens is 401 g/mol. The van der Waals surface area contributed by atoms with Crippen LogP contribution in [0.4, 0.5) is 10.1 Å². The Balaban J connectivity index is 1.77. The zero-order valence-electron chi connectivity index (χ0n) is 18.0. The molecule has 2 aliphatic heterocycles. The summed E-state index contributed by atoms with van der Waals surface area (Å²) >= 11 is 0. The molecule has 1 aromatic heterocycles. The van der Waals surface area contributed by atoms with Gasteiger partial charge in [0.05, 0.1) is 24.4 Å². The first kappa shape index (κ1) is 20.5.